The third-order valence-corrected chi connectivity index (χ3v) is 4.88. The van der Waals surface area contributed by atoms with Gasteiger partial charge in [0.1, 0.15) is 0 Å². The summed E-state index contributed by atoms with van der Waals surface area (Å²) in [6.45, 7) is 3.55. The highest BCUT2D eigenvalue weighted by atomic mass is 16.3. The fraction of sp³-hybridized carbons (Fsp3) is 0.647. The van der Waals surface area contributed by atoms with Gasteiger partial charge in [-0.05, 0) is 30.4 Å². The number of hydrogen-bond donors (Lipinski definition) is 1. The van der Waals surface area contributed by atoms with E-state index >= 15 is 0 Å². The maximum atomic E-state index is 9.50. The highest BCUT2D eigenvalue weighted by molar-refractivity contribution is 5.65. The van der Waals surface area contributed by atoms with Crippen molar-refractivity contribution < 1.29 is 5.11 Å². The number of aliphatic hydroxyl groups is 1. The van der Waals surface area contributed by atoms with Gasteiger partial charge in [-0.25, -0.2) is 0 Å². The lowest BCUT2D eigenvalue weighted by atomic mass is 9.92. The molecule has 0 spiro atoms. The second-order valence-electron chi connectivity index (χ2n) is 6.17. The van der Waals surface area contributed by atoms with Crippen LogP contribution in [0.5, 0.6) is 0 Å². The number of rotatable bonds is 3. The molecule has 2 heteroatoms. The lowest BCUT2D eigenvalue weighted by Crippen LogP contribution is -2.36. The summed E-state index contributed by atoms with van der Waals surface area (Å²) in [4.78, 5) is 2.65. The molecule has 1 N–H and O–H groups in total. The molecule has 1 heterocycles. The van der Waals surface area contributed by atoms with Crippen LogP contribution in [0.4, 0.5) is 5.69 Å². The molecule has 1 aliphatic heterocycles. The van der Waals surface area contributed by atoms with E-state index in [1.807, 2.05) is 0 Å². The lowest BCUT2D eigenvalue weighted by molar-refractivity contribution is 0.273. The Bertz CT molecular complexity index is 437. The molecular formula is C17H25NO. The third-order valence-electron chi connectivity index (χ3n) is 4.88. The molecule has 1 aromatic carbocycles. The SMILES string of the molecule is CC(CO)c1cccc2c1N(C1CCCCC1)CC2. The molecule has 0 amide bonds. The van der Waals surface area contributed by atoms with E-state index in [0.717, 1.165) is 6.04 Å². The van der Waals surface area contributed by atoms with Gasteiger partial charge < -0.3 is 10.0 Å². The van der Waals surface area contributed by atoms with Crippen molar-refractivity contribution in [3.05, 3.63) is 29.3 Å². The van der Waals surface area contributed by atoms with Gasteiger partial charge in [0.2, 0.25) is 0 Å². The van der Waals surface area contributed by atoms with E-state index in [1.54, 1.807) is 0 Å². The van der Waals surface area contributed by atoms with Crippen molar-refractivity contribution in [1.29, 1.82) is 0 Å². The van der Waals surface area contributed by atoms with Crippen LogP contribution in [-0.4, -0.2) is 24.3 Å². The van der Waals surface area contributed by atoms with E-state index in [0.29, 0.717) is 0 Å². The predicted octanol–water partition coefficient (Wildman–Crippen LogP) is 3.48. The van der Waals surface area contributed by atoms with Gasteiger partial charge >= 0.3 is 0 Å². The monoisotopic (exact) mass is 259 g/mol. The maximum Gasteiger partial charge on any atom is 0.0497 e. The number of fused-ring (bicyclic) bond motifs is 1. The zero-order chi connectivity index (χ0) is 13.2. The largest absolute Gasteiger partial charge is 0.396 e. The predicted molar refractivity (Wildman–Crippen MR) is 79.9 cm³/mol. The fourth-order valence-electron chi connectivity index (χ4n) is 3.77. The Labute approximate surface area is 116 Å². The third kappa shape index (κ3) is 2.38. The molecule has 1 aliphatic carbocycles. The zero-order valence-corrected chi connectivity index (χ0v) is 11.9. The molecule has 1 saturated carbocycles. The number of nitrogens with zero attached hydrogens (tertiary/aromatic N) is 1. The van der Waals surface area contributed by atoms with Crippen molar-refractivity contribution in [2.24, 2.45) is 0 Å². The van der Waals surface area contributed by atoms with Crippen molar-refractivity contribution in [2.75, 3.05) is 18.1 Å². The number of anilines is 1. The van der Waals surface area contributed by atoms with E-state index in [-0.39, 0.29) is 12.5 Å². The number of para-hydroxylation sites is 1. The summed E-state index contributed by atoms with van der Waals surface area (Å²) in [5.74, 6) is 0.249. The van der Waals surface area contributed by atoms with Gasteiger partial charge in [-0.3, -0.25) is 0 Å². The molecule has 104 valence electrons. The average molecular weight is 259 g/mol. The van der Waals surface area contributed by atoms with Gasteiger partial charge in [-0.2, -0.15) is 0 Å². The fourth-order valence-corrected chi connectivity index (χ4v) is 3.77. The van der Waals surface area contributed by atoms with Gasteiger partial charge in [0.25, 0.3) is 0 Å². The van der Waals surface area contributed by atoms with Crippen LogP contribution in [0.1, 0.15) is 56.1 Å². The molecule has 3 rings (SSSR count). The summed E-state index contributed by atoms with van der Waals surface area (Å²) in [7, 11) is 0. The number of hydrogen-bond acceptors (Lipinski definition) is 2. The van der Waals surface area contributed by atoms with Gasteiger partial charge in [-0.1, -0.05) is 44.4 Å². The topological polar surface area (TPSA) is 23.5 Å². The van der Waals surface area contributed by atoms with Crippen molar-refractivity contribution >= 4 is 5.69 Å². The molecule has 0 radical (unpaired) electrons. The minimum Gasteiger partial charge on any atom is -0.396 e. The molecule has 1 fully saturated rings. The smallest absolute Gasteiger partial charge is 0.0497 e. The first-order valence-corrected chi connectivity index (χ1v) is 7.80. The Morgan fingerprint density at radius 1 is 1.26 bits per heavy atom. The van der Waals surface area contributed by atoms with Crippen LogP contribution < -0.4 is 4.90 Å². The lowest BCUT2D eigenvalue weighted by Gasteiger charge is -2.35. The minimum atomic E-state index is 0.245. The van der Waals surface area contributed by atoms with E-state index < -0.39 is 0 Å². The van der Waals surface area contributed by atoms with Crippen LogP contribution in [0.2, 0.25) is 0 Å². The molecule has 1 atom stereocenters. The molecule has 2 aliphatic rings. The first kappa shape index (κ1) is 13.0. The van der Waals surface area contributed by atoms with Crippen molar-refractivity contribution in [2.45, 2.75) is 57.4 Å². The molecule has 19 heavy (non-hydrogen) atoms. The summed E-state index contributed by atoms with van der Waals surface area (Å²) in [5, 5.41) is 9.50. The zero-order valence-electron chi connectivity index (χ0n) is 11.9. The molecule has 1 unspecified atom stereocenters. The molecule has 0 aromatic heterocycles. The molecule has 0 saturated heterocycles. The Hall–Kier alpha value is -1.02. The van der Waals surface area contributed by atoms with Crippen molar-refractivity contribution in [3.63, 3.8) is 0 Å². The van der Waals surface area contributed by atoms with Crippen LogP contribution in [0.25, 0.3) is 0 Å². The van der Waals surface area contributed by atoms with Crippen molar-refractivity contribution in [1.82, 2.24) is 0 Å². The highest BCUT2D eigenvalue weighted by Crippen LogP contribution is 2.39. The summed E-state index contributed by atoms with van der Waals surface area (Å²) >= 11 is 0. The summed E-state index contributed by atoms with van der Waals surface area (Å²) in [6.07, 6.45) is 8.05. The van der Waals surface area contributed by atoms with Gasteiger partial charge in [0.05, 0.1) is 0 Å². The first-order valence-electron chi connectivity index (χ1n) is 7.80. The van der Waals surface area contributed by atoms with Crippen LogP contribution in [0, 0.1) is 0 Å². The van der Waals surface area contributed by atoms with Gasteiger partial charge in [0.15, 0.2) is 0 Å². The van der Waals surface area contributed by atoms with Gasteiger partial charge in [-0.15, -0.1) is 0 Å². The highest BCUT2D eigenvalue weighted by Gasteiger charge is 2.30. The second-order valence-corrected chi connectivity index (χ2v) is 6.17. The molecule has 0 bridgehead atoms. The number of aliphatic hydroxyl groups excluding tert-OH is 1. The molecule has 2 nitrogen and oxygen atoms in total. The Kier molecular flexibility index (Phi) is 3.79. The normalized spacial score (nSPS) is 21.5. The van der Waals surface area contributed by atoms with E-state index in [1.165, 1.54) is 61.9 Å². The van der Waals surface area contributed by atoms with Crippen LogP contribution in [0.3, 0.4) is 0 Å². The van der Waals surface area contributed by atoms with E-state index in [2.05, 4.69) is 30.0 Å². The first-order chi connectivity index (χ1) is 9.31. The van der Waals surface area contributed by atoms with Crippen LogP contribution in [-0.2, 0) is 6.42 Å². The average Bonchev–Trinajstić information content (AvgIpc) is 2.91. The minimum absolute atomic E-state index is 0.245. The Morgan fingerprint density at radius 2 is 2.05 bits per heavy atom. The summed E-state index contributed by atoms with van der Waals surface area (Å²) in [6, 6.07) is 7.37. The molecule has 1 aromatic rings. The van der Waals surface area contributed by atoms with Crippen LogP contribution in [0.15, 0.2) is 18.2 Å². The summed E-state index contributed by atoms with van der Waals surface area (Å²) in [5.41, 5.74) is 4.29. The summed E-state index contributed by atoms with van der Waals surface area (Å²) < 4.78 is 0. The van der Waals surface area contributed by atoms with Gasteiger partial charge in [0, 0.05) is 30.8 Å². The molecular weight excluding hydrogens is 234 g/mol. The Morgan fingerprint density at radius 3 is 2.79 bits per heavy atom. The standard InChI is InChI=1S/C17H25NO/c1-13(12-19)16-9-5-6-14-10-11-18(17(14)16)15-7-3-2-4-8-15/h5-6,9,13,15,19H,2-4,7-8,10-12H2,1H3. The van der Waals surface area contributed by atoms with E-state index in [9.17, 15) is 5.11 Å². The maximum absolute atomic E-state index is 9.50. The van der Waals surface area contributed by atoms with Crippen LogP contribution >= 0.6 is 0 Å². The van der Waals surface area contributed by atoms with E-state index in [4.69, 9.17) is 0 Å². The van der Waals surface area contributed by atoms with Crippen molar-refractivity contribution in [3.8, 4) is 0 Å². The second kappa shape index (κ2) is 5.54. The number of benzene rings is 1. The quantitative estimate of drug-likeness (QED) is 0.898. The Balaban J connectivity index is 1.93.